The molecule has 1 amide bonds. The summed E-state index contributed by atoms with van der Waals surface area (Å²) >= 11 is 0. The predicted molar refractivity (Wildman–Crippen MR) is 88.7 cm³/mol. The highest BCUT2D eigenvalue weighted by molar-refractivity contribution is 5.78. The van der Waals surface area contributed by atoms with Crippen LogP contribution in [-0.4, -0.2) is 43.5 Å². The van der Waals surface area contributed by atoms with Gasteiger partial charge < -0.3 is 15.0 Å². The number of amides is 1. The molecule has 0 unspecified atom stereocenters. The van der Waals surface area contributed by atoms with E-state index in [2.05, 4.69) is 5.32 Å². The number of hydrogen-bond acceptors (Lipinski definition) is 5. The number of carbonyl (C=O) groups is 1. The van der Waals surface area contributed by atoms with Gasteiger partial charge in [-0.25, -0.2) is 0 Å². The molecular formula is C16H25N3O4. The summed E-state index contributed by atoms with van der Waals surface area (Å²) in [5.74, 6) is 0.0361. The molecule has 0 bridgehead atoms. The maximum Gasteiger partial charge on any atom is 0.311 e. The second-order valence-electron chi connectivity index (χ2n) is 6.71. The van der Waals surface area contributed by atoms with Crippen LogP contribution in [0.1, 0.15) is 31.9 Å². The van der Waals surface area contributed by atoms with Crippen molar-refractivity contribution in [3.63, 3.8) is 0 Å². The van der Waals surface area contributed by atoms with Crippen LogP contribution in [0.4, 0.5) is 5.69 Å². The number of nitrogens with one attached hydrogen (secondary N) is 1. The first kappa shape index (κ1) is 18.9. The van der Waals surface area contributed by atoms with Gasteiger partial charge in [0.15, 0.2) is 0 Å². The second kappa shape index (κ2) is 7.41. The fraction of sp³-hybridized carbons (Fsp3) is 0.562. The minimum absolute atomic E-state index is 0.0863. The molecule has 1 N–H and O–H groups in total. The van der Waals surface area contributed by atoms with Crippen molar-refractivity contribution in [2.45, 2.75) is 32.7 Å². The van der Waals surface area contributed by atoms with E-state index in [0.717, 1.165) is 5.56 Å². The zero-order valence-electron chi connectivity index (χ0n) is 14.6. The van der Waals surface area contributed by atoms with Gasteiger partial charge in [0.2, 0.25) is 11.7 Å². The molecule has 128 valence electrons. The first-order chi connectivity index (χ1) is 10.6. The average Bonchev–Trinajstić information content (AvgIpc) is 2.42. The summed E-state index contributed by atoms with van der Waals surface area (Å²) < 4.78 is 5.22. The summed E-state index contributed by atoms with van der Waals surface area (Å²) in [5, 5.41) is 14.1. The monoisotopic (exact) mass is 323 g/mol. The van der Waals surface area contributed by atoms with E-state index < -0.39 is 4.92 Å². The number of nitrogens with zero attached hydrogens (tertiary/aromatic N) is 2. The maximum atomic E-state index is 11.8. The van der Waals surface area contributed by atoms with Gasteiger partial charge >= 0.3 is 5.69 Å². The molecule has 0 fully saturated rings. The van der Waals surface area contributed by atoms with Gasteiger partial charge in [0.25, 0.3) is 0 Å². The summed E-state index contributed by atoms with van der Waals surface area (Å²) in [6, 6.07) is 3.38. The molecule has 1 rings (SSSR count). The van der Waals surface area contributed by atoms with Crippen molar-refractivity contribution in [2.75, 3.05) is 27.7 Å². The van der Waals surface area contributed by atoms with Gasteiger partial charge in [0, 0.05) is 18.2 Å². The number of likely N-dealkylation sites (N-methyl/N-ethyl adjacent to an activating group) is 1. The van der Waals surface area contributed by atoms with Crippen molar-refractivity contribution >= 4 is 11.6 Å². The summed E-state index contributed by atoms with van der Waals surface area (Å²) in [7, 11) is 4.99. The molecule has 1 aromatic rings. The van der Waals surface area contributed by atoms with Crippen LogP contribution in [0.5, 0.6) is 5.75 Å². The van der Waals surface area contributed by atoms with Crippen molar-refractivity contribution < 1.29 is 14.5 Å². The number of benzene rings is 1. The fourth-order valence-electron chi connectivity index (χ4n) is 2.14. The van der Waals surface area contributed by atoms with Crippen LogP contribution >= 0.6 is 0 Å². The average molecular weight is 323 g/mol. The highest BCUT2D eigenvalue weighted by atomic mass is 16.6. The molecule has 23 heavy (non-hydrogen) atoms. The molecule has 0 radical (unpaired) electrons. The Morgan fingerprint density at radius 1 is 1.35 bits per heavy atom. The Morgan fingerprint density at radius 2 is 1.96 bits per heavy atom. The molecule has 0 saturated carbocycles. The van der Waals surface area contributed by atoms with E-state index in [1.54, 1.807) is 19.0 Å². The Labute approximate surface area is 136 Å². The Bertz CT molecular complexity index is 592. The van der Waals surface area contributed by atoms with Gasteiger partial charge in [0.05, 0.1) is 18.6 Å². The highest BCUT2D eigenvalue weighted by Crippen LogP contribution is 2.36. The third kappa shape index (κ3) is 5.21. The molecule has 0 aromatic heterocycles. The lowest BCUT2D eigenvalue weighted by molar-refractivity contribution is -0.385. The molecule has 0 spiro atoms. The number of methoxy groups -OCH3 is 1. The van der Waals surface area contributed by atoms with E-state index in [1.807, 2.05) is 26.8 Å². The molecule has 7 nitrogen and oxygen atoms in total. The van der Waals surface area contributed by atoms with E-state index in [9.17, 15) is 14.9 Å². The van der Waals surface area contributed by atoms with Gasteiger partial charge in [-0.1, -0.05) is 20.8 Å². The number of ether oxygens (including phenoxy) is 1. The summed E-state index contributed by atoms with van der Waals surface area (Å²) in [4.78, 5) is 24.4. The molecule has 7 heteroatoms. The van der Waals surface area contributed by atoms with E-state index in [1.165, 1.54) is 13.2 Å². The van der Waals surface area contributed by atoms with Crippen LogP contribution in [0.15, 0.2) is 12.1 Å². The highest BCUT2D eigenvalue weighted by Gasteiger charge is 2.25. The van der Waals surface area contributed by atoms with Crippen molar-refractivity contribution in [1.82, 2.24) is 10.2 Å². The van der Waals surface area contributed by atoms with Crippen molar-refractivity contribution in [1.29, 1.82) is 0 Å². The van der Waals surface area contributed by atoms with Crippen molar-refractivity contribution in [3.8, 4) is 5.75 Å². The number of hydrogen-bond donors (Lipinski definition) is 1. The number of carbonyl (C=O) groups excluding carboxylic acids is 1. The summed E-state index contributed by atoms with van der Waals surface area (Å²) in [5.41, 5.74) is 1.08. The molecule has 0 heterocycles. The van der Waals surface area contributed by atoms with Gasteiger partial charge in [-0.3, -0.25) is 14.9 Å². The van der Waals surface area contributed by atoms with E-state index in [4.69, 9.17) is 4.74 Å². The van der Waals surface area contributed by atoms with Crippen LogP contribution in [0.3, 0.4) is 0 Å². The number of rotatable bonds is 6. The molecule has 0 aliphatic heterocycles. The van der Waals surface area contributed by atoms with Crippen molar-refractivity contribution in [2.24, 2.45) is 0 Å². The zero-order valence-corrected chi connectivity index (χ0v) is 14.6. The molecule has 0 aliphatic carbocycles. The molecule has 0 saturated heterocycles. The first-order valence-corrected chi connectivity index (χ1v) is 7.33. The topological polar surface area (TPSA) is 84.7 Å². The van der Waals surface area contributed by atoms with E-state index in [0.29, 0.717) is 5.56 Å². The lowest BCUT2D eigenvalue weighted by Gasteiger charge is -2.21. The molecule has 1 aromatic carbocycles. The summed E-state index contributed by atoms with van der Waals surface area (Å²) in [6.07, 6.45) is 0. The lowest BCUT2D eigenvalue weighted by Crippen LogP contribution is -2.33. The van der Waals surface area contributed by atoms with Gasteiger partial charge in [-0.2, -0.15) is 0 Å². The molecule has 0 aliphatic rings. The first-order valence-electron chi connectivity index (χ1n) is 7.33. The SMILES string of the molecule is COc1c(CNC(=O)CN(C)C)cc(C(C)(C)C)cc1[N+](=O)[O-]. The Kier molecular flexibility index (Phi) is 6.09. The molecular weight excluding hydrogens is 298 g/mol. The van der Waals surface area contributed by atoms with E-state index in [-0.39, 0.29) is 35.8 Å². The zero-order chi connectivity index (χ0) is 17.8. The number of nitro groups is 1. The van der Waals surface area contributed by atoms with Gasteiger partial charge in [-0.15, -0.1) is 0 Å². The number of nitro benzene ring substituents is 1. The standard InChI is InChI=1S/C16H25N3O4/c1-16(2,3)12-7-11(9-17-14(20)10-18(4)5)15(23-6)13(8-12)19(21)22/h7-8H,9-10H2,1-6H3,(H,17,20). The smallest absolute Gasteiger partial charge is 0.311 e. The van der Waals surface area contributed by atoms with Gasteiger partial charge in [0.1, 0.15) is 0 Å². The Balaban J connectivity index is 3.20. The van der Waals surface area contributed by atoms with Gasteiger partial charge in [-0.05, 0) is 31.1 Å². The molecule has 0 atom stereocenters. The predicted octanol–water partition coefficient (Wildman–Crippen LogP) is 2.08. The van der Waals surface area contributed by atoms with Crippen LogP contribution in [-0.2, 0) is 16.8 Å². The van der Waals surface area contributed by atoms with Crippen LogP contribution in [0.25, 0.3) is 0 Å². The third-order valence-electron chi connectivity index (χ3n) is 3.35. The minimum atomic E-state index is -0.459. The Hall–Kier alpha value is -2.15. The normalized spacial score (nSPS) is 11.4. The lowest BCUT2D eigenvalue weighted by atomic mass is 9.85. The quantitative estimate of drug-likeness (QED) is 0.640. The van der Waals surface area contributed by atoms with E-state index >= 15 is 0 Å². The maximum absolute atomic E-state index is 11.8. The van der Waals surface area contributed by atoms with Crippen LogP contribution in [0.2, 0.25) is 0 Å². The fourth-order valence-corrected chi connectivity index (χ4v) is 2.14. The van der Waals surface area contributed by atoms with Crippen LogP contribution < -0.4 is 10.1 Å². The van der Waals surface area contributed by atoms with Crippen LogP contribution in [0, 0.1) is 10.1 Å². The minimum Gasteiger partial charge on any atom is -0.490 e. The summed E-state index contributed by atoms with van der Waals surface area (Å²) in [6.45, 7) is 6.37. The largest absolute Gasteiger partial charge is 0.490 e. The second-order valence-corrected chi connectivity index (χ2v) is 6.71. The third-order valence-corrected chi connectivity index (χ3v) is 3.35. The van der Waals surface area contributed by atoms with Crippen molar-refractivity contribution in [3.05, 3.63) is 33.4 Å². The Morgan fingerprint density at radius 3 is 2.39 bits per heavy atom.